The molecule has 16 heavy (non-hydrogen) atoms. The van der Waals surface area contributed by atoms with Gasteiger partial charge < -0.3 is 15.0 Å². The molecule has 0 unspecified atom stereocenters. The molecule has 3 N–H and O–H groups in total. The minimum absolute atomic E-state index is 0.544. The molecule has 0 saturated heterocycles. The highest BCUT2D eigenvalue weighted by molar-refractivity contribution is 5.86. The molecule has 0 fully saturated rings. The Bertz CT molecular complexity index is 530. The molecule has 1 aliphatic heterocycles. The second-order valence-corrected chi connectivity index (χ2v) is 4.49. The first kappa shape index (κ1) is 9.73. The van der Waals surface area contributed by atoms with Gasteiger partial charge >= 0.3 is 0 Å². The first-order valence-corrected chi connectivity index (χ1v) is 5.81. The SMILES string of the molecule is COc1ccc2[nH]c3c(c2c1)CC[NH2+][C@@H]3C. The van der Waals surface area contributed by atoms with Gasteiger partial charge in [-0.15, -0.1) is 0 Å². The van der Waals surface area contributed by atoms with Gasteiger partial charge in [-0.05, 0) is 30.7 Å². The van der Waals surface area contributed by atoms with Crippen LogP contribution in [0.15, 0.2) is 18.2 Å². The summed E-state index contributed by atoms with van der Waals surface area (Å²) in [5.41, 5.74) is 4.09. The molecule has 1 atom stereocenters. The van der Waals surface area contributed by atoms with Gasteiger partial charge in [0.05, 0.1) is 19.3 Å². The van der Waals surface area contributed by atoms with Crippen molar-refractivity contribution in [3.8, 4) is 5.75 Å². The Hall–Kier alpha value is -1.48. The van der Waals surface area contributed by atoms with E-state index >= 15 is 0 Å². The monoisotopic (exact) mass is 217 g/mol. The molecule has 1 aromatic carbocycles. The summed E-state index contributed by atoms with van der Waals surface area (Å²) in [5, 5.41) is 3.71. The molecule has 0 bridgehead atoms. The lowest BCUT2D eigenvalue weighted by Gasteiger charge is -2.17. The number of aromatic amines is 1. The first-order valence-electron chi connectivity index (χ1n) is 5.81. The lowest BCUT2D eigenvalue weighted by Crippen LogP contribution is -2.86. The van der Waals surface area contributed by atoms with Crippen molar-refractivity contribution in [1.82, 2.24) is 4.98 Å². The number of fused-ring (bicyclic) bond motifs is 3. The normalized spacial score (nSPS) is 19.8. The maximum atomic E-state index is 5.29. The molecule has 84 valence electrons. The third-order valence-corrected chi connectivity index (χ3v) is 3.52. The largest absolute Gasteiger partial charge is 0.497 e. The number of ether oxygens (including phenoxy) is 1. The average molecular weight is 217 g/mol. The van der Waals surface area contributed by atoms with Crippen molar-refractivity contribution in [1.29, 1.82) is 0 Å². The summed E-state index contributed by atoms with van der Waals surface area (Å²) in [4.78, 5) is 3.53. The Morgan fingerprint density at radius 2 is 2.31 bits per heavy atom. The number of quaternary nitrogens is 1. The standard InChI is InChI=1S/C13H16N2O/c1-8-13-10(5-6-14-8)11-7-9(16-2)3-4-12(11)15-13/h3-4,7-8,14-15H,5-6H2,1-2H3/p+1/t8-/m1/s1. The quantitative estimate of drug-likeness (QED) is 0.744. The maximum Gasteiger partial charge on any atom is 0.124 e. The van der Waals surface area contributed by atoms with Gasteiger partial charge in [-0.2, -0.15) is 0 Å². The number of rotatable bonds is 1. The van der Waals surface area contributed by atoms with E-state index in [9.17, 15) is 0 Å². The highest BCUT2D eigenvalue weighted by Gasteiger charge is 2.23. The van der Waals surface area contributed by atoms with Crippen LogP contribution in [0.4, 0.5) is 0 Å². The van der Waals surface area contributed by atoms with Crippen LogP contribution in [0.2, 0.25) is 0 Å². The van der Waals surface area contributed by atoms with Gasteiger partial charge in [-0.25, -0.2) is 0 Å². The highest BCUT2D eigenvalue weighted by Crippen LogP contribution is 2.30. The van der Waals surface area contributed by atoms with Crippen molar-refractivity contribution in [2.75, 3.05) is 13.7 Å². The van der Waals surface area contributed by atoms with Crippen molar-refractivity contribution in [2.45, 2.75) is 19.4 Å². The molecular weight excluding hydrogens is 200 g/mol. The summed E-state index contributed by atoms with van der Waals surface area (Å²) in [5.74, 6) is 0.941. The molecule has 3 nitrogen and oxygen atoms in total. The average Bonchev–Trinajstić information content (AvgIpc) is 2.68. The predicted molar refractivity (Wildman–Crippen MR) is 63.8 cm³/mol. The fourth-order valence-electron chi connectivity index (χ4n) is 2.63. The van der Waals surface area contributed by atoms with Gasteiger partial charge in [-0.1, -0.05) is 0 Å². The number of methoxy groups -OCH3 is 1. The van der Waals surface area contributed by atoms with E-state index in [1.807, 2.05) is 6.07 Å². The fourth-order valence-corrected chi connectivity index (χ4v) is 2.63. The van der Waals surface area contributed by atoms with Crippen LogP contribution in [0.1, 0.15) is 24.2 Å². The predicted octanol–water partition coefficient (Wildman–Crippen LogP) is 1.36. The lowest BCUT2D eigenvalue weighted by atomic mass is 10.0. The zero-order valence-electron chi connectivity index (χ0n) is 9.71. The number of H-pyrrole nitrogens is 1. The summed E-state index contributed by atoms with van der Waals surface area (Å²) >= 11 is 0. The van der Waals surface area contributed by atoms with Gasteiger partial charge in [0.1, 0.15) is 11.8 Å². The van der Waals surface area contributed by atoms with Crippen LogP contribution >= 0.6 is 0 Å². The number of hydrogen-bond acceptors (Lipinski definition) is 1. The third kappa shape index (κ3) is 1.32. The van der Waals surface area contributed by atoms with E-state index in [1.165, 1.54) is 28.7 Å². The van der Waals surface area contributed by atoms with E-state index in [0.717, 1.165) is 12.2 Å². The van der Waals surface area contributed by atoms with Crippen LogP contribution in [0.25, 0.3) is 10.9 Å². The number of nitrogens with one attached hydrogen (secondary N) is 1. The Balaban J connectivity index is 2.25. The summed E-state index contributed by atoms with van der Waals surface area (Å²) in [6.45, 7) is 3.43. The van der Waals surface area contributed by atoms with E-state index < -0.39 is 0 Å². The van der Waals surface area contributed by atoms with Gasteiger partial charge in [0.2, 0.25) is 0 Å². The zero-order valence-corrected chi connectivity index (χ0v) is 9.71. The van der Waals surface area contributed by atoms with Crippen molar-refractivity contribution in [3.05, 3.63) is 29.5 Å². The Kier molecular flexibility index (Phi) is 2.14. The minimum atomic E-state index is 0.544. The van der Waals surface area contributed by atoms with E-state index in [-0.39, 0.29) is 0 Å². The number of aromatic nitrogens is 1. The molecule has 1 aliphatic rings. The molecule has 0 spiro atoms. The maximum absolute atomic E-state index is 5.29. The highest BCUT2D eigenvalue weighted by atomic mass is 16.5. The fraction of sp³-hybridized carbons (Fsp3) is 0.385. The van der Waals surface area contributed by atoms with E-state index in [2.05, 4.69) is 29.4 Å². The lowest BCUT2D eigenvalue weighted by molar-refractivity contribution is -0.696. The van der Waals surface area contributed by atoms with Crippen LogP contribution in [0.5, 0.6) is 5.75 Å². The molecular formula is C13H17N2O+. The van der Waals surface area contributed by atoms with Crippen LogP contribution in [-0.4, -0.2) is 18.6 Å². The molecule has 0 aliphatic carbocycles. The van der Waals surface area contributed by atoms with Crippen LogP contribution in [-0.2, 0) is 6.42 Å². The van der Waals surface area contributed by atoms with Crippen molar-refractivity contribution < 1.29 is 10.1 Å². The second kappa shape index (κ2) is 3.52. The molecule has 0 saturated carbocycles. The molecule has 0 radical (unpaired) electrons. The van der Waals surface area contributed by atoms with E-state index in [1.54, 1.807) is 7.11 Å². The summed E-state index contributed by atoms with van der Waals surface area (Å²) in [6, 6.07) is 6.81. The molecule has 3 rings (SSSR count). The summed E-state index contributed by atoms with van der Waals surface area (Å²) < 4.78 is 5.29. The van der Waals surface area contributed by atoms with Gasteiger partial charge in [-0.3, -0.25) is 0 Å². The van der Waals surface area contributed by atoms with Crippen molar-refractivity contribution in [3.63, 3.8) is 0 Å². The smallest absolute Gasteiger partial charge is 0.124 e. The topological polar surface area (TPSA) is 41.6 Å². The minimum Gasteiger partial charge on any atom is -0.497 e. The molecule has 2 heterocycles. The Morgan fingerprint density at radius 3 is 3.12 bits per heavy atom. The van der Waals surface area contributed by atoms with Gasteiger partial charge in [0.15, 0.2) is 0 Å². The second-order valence-electron chi connectivity index (χ2n) is 4.49. The summed E-state index contributed by atoms with van der Waals surface area (Å²) in [6.07, 6.45) is 1.15. The molecule has 0 amide bonds. The first-order chi connectivity index (χ1) is 7.79. The van der Waals surface area contributed by atoms with Crippen molar-refractivity contribution >= 4 is 10.9 Å². The number of nitrogens with two attached hydrogens (primary N) is 1. The van der Waals surface area contributed by atoms with Crippen LogP contribution in [0.3, 0.4) is 0 Å². The Labute approximate surface area is 94.8 Å². The number of benzene rings is 1. The molecule has 2 aromatic rings. The van der Waals surface area contributed by atoms with E-state index in [0.29, 0.717) is 6.04 Å². The zero-order chi connectivity index (χ0) is 11.1. The molecule has 3 heteroatoms. The number of hydrogen-bond donors (Lipinski definition) is 2. The van der Waals surface area contributed by atoms with Crippen LogP contribution in [0, 0.1) is 0 Å². The van der Waals surface area contributed by atoms with Crippen molar-refractivity contribution in [2.24, 2.45) is 0 Å². The Morgan fingerprint density at radius 1 is 1.44 bits per heavy atom. The third-order valence-electron chi connectivity index (χ3n) is 3.52. The van der Waals surface area contributed by atoms with Crippen LogP contribution < -0.4 is 10.1 Å². The van der Waals surface area contributed by atoms with Gasteiger partial charge in [0, 0.05) is 17.3 Å². The van der Waals surface area contributed by atoms with E-state index in [4.69, 9.17) is 4.74 Å². The molecule has 1 aromatic heterocycles. The summed E-state index contributed by atoms with van der Waals surface area (Å²) in [7, 11) is 1.72. The van der Waals surface area contributed by atoms with Gasteiger partial charge in [0.25, 0.3) is 0 Å².